The number of methoxy groups -OCH3 is 1. The van der Waals surface area contributed by atoms with E-state index in [2.05, 4.69) is 29.5 Å². The molecule has 1 rings (SSSR count). The number of unbranched alkanes of at least 4 members (excludes halogenated alkanes) is 1. The fourth-order valence-electron chi connectivity index (χ4n) is 1.41. The van der Waals surface area contributed by atoms with Crippen molar-refractivity contribution in [3.8, 4) is 5.75 Å². The first-order chi connectivity index (χ1) is 9.08. The number of carboxylic acids is 1. The highest BCUT2D eigenvalue weighted by atomic mass is 127. The SMILES string of the molecule is CCCCOc1cc(/C=C(\OC)C(=O)O)ccc1I. The Hall–Kier alpha value is -1.24. The maximum atomic E-state index is 10.9. The van der Waals surface area contributed by atoms with Crippen LogP contribution in [0.1, 0.15) is 25.3 Å². The fourth-order valence-corrected chi connectivity index (χ4v) is 1.90. The zero-order valence-electron chi connectivity index (χ0n) is 11.0. The number of carboxylic acid groups (broad SMARTS) is 1. The maximum Gasteiger partial charge on any atom is 0.371 e. The molecule has 0 saturated carbocycles. The van der Waals surface area contributed by atoms with E-state index in [-0.39, 0.29) is 5.76 Å². The van der Waals surface area contributed by atoms with Gasteiger partial charge in [-0.1, -0.05) is 19.4 Å². The summed E-state index contributed by atoms with van der Waals surface area (Å²) in [6.07, 6.45) is 3.54. The highest BCUT2D eigenvalue weighted by Crippen LogP contribution is 2.24. The second-order valence-electron chi connectivity index (χ2n) is 3.91. The maximum absolute atomic E-state index is 10.9. The predicted molar refractivity (Wildman–Crippen MR) is 82.2 cm³/mol. The van der Waals surface area contributed by atoms with Gasteiger partial charge in [-0.15, -0.1) is 0 Å². The molecule has 5 heteroatoms. The van der Waals surface area contributed by atoms with Crippen LogP contribution in [0.4, 0.5) is 0 Å². The molecule has 0 aliphatic rings. The van der Waals surface area contributed by atoms with E-state index in [0.717, 1.165) is 27.7 Å². The lowest BCUT2D eigenvalue weighted by atomic mass is 10.2. The number of halogens is 1. The van der Waals surface area contributed by atoms with Gasteiger partial charge in [0.05, 0.1) is 17.3 Å². The zero-order valence-corrected chi connectivity index (χ0v) is 13.1. The van der Waals surface area contributed by atoms with E-state index in [4.69, 9.17) is 14.6 Å². The molecule has 4 nitrogen and oxygen atoms in total. The number of ether oxygens (including phenoxy) is 2. The summed E-state index contributed by atoms with van der Waals surface area (Å²) >= 11 is 2.19. The summed E-state index contributed by atoms with van der Waals surface area (Å²) in [5, 5.41) is 8.91. The Morgan fingerprint density at radius 2 is 2.21 bits per heavy atom. The Morgan fingerprint density at radius 1 is 1.47 bits per heavy atom. The molecule has 19 heavy (non-hydrogen) atoms. The molecule has 0 fully saturated rings. The number of hydrogen-bond acceptors (Lipinski definition) is 3. The number of benzene rings is 1. The average Bonchev–Trinajstić information content (AvgIpc) is 2.39. The summed E-state index contributed by atoms with van der Waals surface area (Å²) in [6.45, 7) is 2.76. The monoisotopic (exact) mass is 376 g/mol. The van der Waals surface area contributed by atoms with E-state index >= 15 is 0 Å². The van der Waals surface area contributed by atoms with Crippen molar-refractivity contribution in [2.75, 3.05) is 13.7 Å². The first-order valence-corrected chi connectivity index (χ1v) is 7.07. The standard InChI is InChI=1S/C14H17IO4/c1-3-4-7-19-12-8-10(5-6-11(12)15)9-13(18-2)14(16)17/h5-6,8-9H,3-4,7H2,1-2H3,(H,16,17)/b13-9-. The number of aliphatic carboxylic acids is 1. The summed E-state index contributed by atoms with van der Waals surface area (Å²) in [4.78, 5) is 10.9. The summed E-state index contributed by atoms with van der Waals surface area (Å²) in [7, 11) is 1.34. The molecule has 0 atom stereocenters. The minimum atomic E-state index is -1.09. The van der Waals surface area contributed by atoms with Crippen LogP contribution in [0.2, 0.25) is 0 Å². The van der Waals surface area contributed by atoms with Crippen LogP contribution < -0.4 is 4.74 Å². The third kappa shape index (κ3) is 5.10. The fraction of sp³-hybridized carbons (Fsp3) is 0.357. The molecule has 0 saturated heterocycles. The number of hydrogen-bond donors (Lipinski definition) is 1. The quantitative estimate of drug-likeness (QED) is 0.342. The highest BCUT2D eigenvalue weighted by Gasteiger charge is 2.08. The summed E-state index contributed by atoms with van der Waals surface area (Å²) < 4.78 is 11.5. The van der Waals surface area contributed by atoms with Gasteiger partial charge in [0.1, 0.15) is 5.75 Å². The van der Waals surface area contributed by atoms with Gasteiger partial charge in [-0.05, 0) is 52.8 Å². The van der Waals surface area contributed by atoms with E-state index in [9.17, 15) is 4.79 Å². The molecule has 0 aromatic heterocycles. The van der Waals surface area contributed by atoms with E-state index in [1.165, 1.54) is 13.2 Å². The van der Waals surface area contributed by atoms with Gasteiger partial charge < -0.3 is 14.6 Å². The molecular weight excluding hydrogens is 359 g/mol. The molecular formula is C14H17IO4. The molecule has 0 spiro atoms. The number of carbonyl (C=O) groups is 1. The zero-order chi connectivity index (χ0) is 14.3. The molecule has 1 N–H and O–H groups in total. The van der Waals surface area contributed by atoms with Crippen LogP contribution in [0, 0.1) is 3.57 Å². The van der Waals surface area contributed by atoms with Gasteiger partial charge in [-0.25, -0.2) is 4.79 Å². The van der Waals surface area contributed by atoms with E-state index < -0.39 is 5.97 Å². The summed E-state index contributed by atoms with van der Waals surface area (Å²) in [5.41, 5.74) is 0.742. The molecule has 0 bridgehead atoms. The lowest BCUT2D eigenvalue weighted by molar-refractivity contribution is -0.135. The van der Waals surface area contributed by atoms with Gasteiger partial charge in [0.15, 0.2) is 0 Å². The third-order valence-corrected chi connectivity index (χ3v) is 3.33. The Balaban J connectivity index is 2.91. The van der Waals surface area contributed by atoms with Crippen LogP contribution in [0.15, 0.2) is 24.0 Å². The van der Waals surface area contributed by atoms with Crippen LogP contribution in [-0.2, 0) is 9.53 Å². The Morgan fingerprint density at radius 3 is 2.79 bits per heavy atom. The molecule has 0 heterocycles. The Labute approximate surface area is 126 Å². The van der Waals surface area contributed by atoms with Gasteiger partial charge in [-0.3, -0.25) is 0 Å². The summed E-state index contributed by atoms with van der Waals surface area (Å²) in [6, 6.07) is 5.54. The van der Waals surface area contributed by atoms with Crippen LogP contribution in [0.3, 0.4) is 0 Å². The van der Waals surface area contributed by atoms with Crippen molar-refractivity contribution < 1.29 is 19.4 Å². The van der Waals surface area contributed by atoms with Crippen molar-refractivity contribution >= 4 is 34.6 Å². The summed E-state index contributed by atoms with van der Waals surface area (Å²) in [5.74, 6) is -0.418. The van der Waals surface area contributed by atoms with Crippen LogP contribution in [0.25, 0.3) is 6.08 Å². The molecule has 0 aliphatic carbocycles. The van der Waals surface area contributed by atoms with Gasteiger partial charge in [0.25, 0.3) is 0 Å². The third-order valence-electron chi connectivity index (χ3n) is 2.44. The smallest absolute Gasteiger partial charge is 0.371 e. The predicted octanol–water partition coefficient (Wildman–Crippen LogP) is 3.54. The van der Waals surface area contributed by atoms with E-state index in [1.54, 1.807) is 0 Å². The van der Waals surface area contributed by atoms with Crippen LogP contribution in [-0.4, -0.2) is 24.8 Å². The minimum absolute atomic E-state index is 0.0966. The normalized spacial score (nSPS) is 11.2. The van der Waals surface area contributed by atoms with Crippen molar-refractivity contribution in [1.29, 1.82) is 0 Å². The van der Waals surface area contributed by atoms with Gasteiger partial charge in [-0.2, -0.15) is 0 Å². The molecule has 1 aromatic rings. The first-order valence-electron chi connectivity index (χ1n) is 5.99. The molecule has 0 unspecified atom stereocenters. The molecule has 104 valence electrons. The van der Waals surface area contributed by atoms with Gasteiger partial charge in [0, 0.05) is 0 Å². The molecule has 0 aliphatic heterocycles. The van der Waals surface area contributed by atoms with Crippen LogP contribution in [0.5, 0.6) is 5.75 Å². The number of rotatable bonds is 7. The minimum Gasteiger partial charge on any atom is -0.492 e. The first kappa shape index (κ1) is 15.8. The molecule has 0 amide bonds. The van der Waals surface area contributed by atoms with Crippen LogP contribution >= 0.6 is 22.6 Å². The molecule has 1 aromatic carbocycles. The Kier molecular flexibility index (Phi) is 6.69. The molecule has 0 radical (unpaired) electrons. The van der Waals surface area contributed by atoms with Gasteiger partial charge in [0.2, 0.25) is 5.76 Å². The van der Waals surface area contributed by atoms with Crippen molar-refractivity contribution in [3.63, 3.8) is 0 Å². The largest absolute Gasteiger partial charge is 0.492 e. The topological polar surface area (TPSA) is 55.8 Å². The average molecular weight is 376 g/mol. The van der Waals surface area contributed by atoms with Crippen molar-refractivity contribution in [1.82, 2.24) is 0 Å². The van der Waals surface area contributed by atoms with Crippen molar-refractivity contribution in [2.45, 2.75) is 19.8 Å². The van der Waals surface area contributed by atoms with Crippen molar-refractivity contribution in [3.05, 3.63) is 33.1 Å². The lowest BCUT2D eigenvalue weighted by Gasteiger charge is -2.09. The second-order valence-corrected chi connectivity index (χ2v) is 5.07. The van der Waals surface area contributed by atoms with Crippen molar-refractivity contribution in [2.24, 2.45) is 0 Å². The second kappa shape index (κ2) is 8.04. The highest BCUT2D eigenvalue weighted by molar-refractivity contribution is 14.1. The van der Waals surface area contributed by atoms with E-state index in [0.29, 0.717) is 6.61 Å². The van der Waals surface area contributed by atoms with E-state index in [1.807, 2.05) is 18.2 Å². The Bertz CT molecular complexity index is 469. The van der Waals surface area contributed by atoms with Gasteiger partial charge >= 0.3 is 5.97 Å². The lowest BCUT2D eigenvalue weighted by Crippen LogP contribution is -2.02.